The van der Waals surface area contributed by atoms with E-state index in [9.17, 15) is 9.59 Å². The zero-order chi connectivity index (χ0) is 16.3. The first-order chi connectivity index (χ1) is 10.4. The fraction of sp³-hybridized carbons (Fsp3) is 0.529. The summed E-state index contributed by atoms with van der Waals surface area (Å²) in [5.41, 5.74) is 3.14. The Labute approximate surface area is 132 Å². The summed E-state index contributed by atoms with van der Waals surface area (Å²) in [6.07, 6.45) is 0.643. The normalized spacial score (nSPS) is 19.9. The highest BCUT2D eigenvalue weighted by molar-refractivity contribution is 5.99. The first-order valence-electron chi connectivity index (χ1n) is 7.69. The average Bonchev–Trinajstić information content (AvgIpc) is 3.23. The number of rotatable bonds is 6. The van der Waals surface area contributed by atoms with Crippen LogP contribution in [-0.2, 0) is 9.59 Å². The lowest BCUT2D eigenvalue weighted by Crippen LogP contribution is -2.33. The Kier molecular flexibility index (Phi) is 5.19. The van der Waals surface area contributed by atoms with Crippen LogP contribution in [0.25, 0.3) is 0 Å². The van der Waals surface area contributed by atoms with Gasteiger partial charge in [0.05, 0.1) is 11.8 Å². The summed E-state index contributed by atoms with van der Waals surface area (Å²) in [4.78, 5) is 26.1. The maximum absolute atomic E-state index is 12.2. The van der Waals surface area contributed by atoms with Gasteiger partial charge in [-0.05, 0) is 57.6 Å². The molecule has 22 heavy (non-hydrogen) atoms. The standard InChI is InChI=1S/C17H25N3O2/c1-11-5-6-13(9-12(11)2)19-17(22)15-10-14(15)16(21)18-7-8-20(3)4/h5-6,9,14-15H,7-8,10H2,1-4H3,(H,18,21)(H,19,22). The Balaban J connectivity index is 1.80. The summed E-state index contributed by atoms with van der Waals surface area (Å²) >= 11 is 0. The second kappa shape index (κ2) is 6.92. The minimum absolute atomic E-state index is 0.0120. The molecular formula is C17H25N3O2. The summed E-state index contributed by atoms with van der Waals surface area (Å²) in [6.45, 7) is 5.48. The van der Waals surface area contributed by atoms with Crippen molar-refractivity contribution in [2.45, 2.75) is 20.3 Å². The van der Waals surface area contributed by atoms with E-state index >= 15 is 0 Å². The smallest absolute Gasteiger partial charge is 0.228 e. The van der Waals surface area contributed by atoms with E-state index in [1.807, 2.05) is 51.0 Å². The molecule has 0 aliphatic heterocycles. The summed E-state index contributed by atoms with van der Waals surface area (Å²) in [7, 11) is 3.92. The third-order valence-electron chi connectivity index (χ3n) is 4.10. The number of hydrogen-bond donors (Lipinski definition) is 2. The van der Waals surface area contributed by atoms with Crippen LogP contribution >= 0.6 is 0 Å². The molecule has 1 saturated carbocycles. The number of aryl methyl sites for hydroxylation is 2. The van der Waals surface area contributed by atoms with E-state index in [1.54, 1.807) is 0 Å². The molecule has 1 aliphatic rings. The number of carbonyl (C=O) groups excluding carboxylic acids is 2. The fourth-order valence-electron chi connectivity index (χ4n) is 2.36. The van der Waals surface area contributed by atoms with Crippen molar-refractivity contribution in [2.24, 2.45) is 11.8 Å². The minimum Gasteiger partial charge on any atom is -0.355 e. The van der Waals surface area contributed by atoms with Crippen LogP contribution in [0.1, 0.15) is 17.5 Å². The summed E-state index contributed by atoms with van der Waals surface area (Å²) < 4.78 is 0. The predicted octanol–water partition coefficient (Wildman–Crippen LogP) is 1.56. The van der Waals surface area contributed by atoms with Gasteiger partial charge < -0.3 is 15.5 Å². The van der Waals surface area contributed by atoms with E-state index in [2.05, 4.69) is 10.6 Å². The Hall–Kier alpha value is -1.88. The first-order valence-corrected chi connectivity index (χ1v) is 7.69. The molecule has 0 bridgehead atoms. The van der Waals surface area contributed by atoms with E-state index in [4.69, 9.17) is 0 Å². The zero-order valence-corrected chi connectivity index (χ0v) is 13.8. The Morgan fingerprint density at radius 3 is 2.45 bits per heavy atom. The van der Waals surface area contributed by atoms with Gasteiger partial charge in [-0.3, -0.25) is 9.59 Å². The quantitative estimate of drug-likeness (QED) is 0.838. The largest absolute Gasteiger partial charge is 0.355 e. The first kappa shape index (κ1) is 16.5. The fourth-order valence-corrected chi connectivity index (χ4v) is 2.36. The van der Waals surface area contributed by atoms with Crippen molar-refractivity contribution in [1.29, 1.82) is 0 Å². The van der Waals surface area contributed by atoms with Gasteiger partial charge in [-0.2, -0.15) is 0 Å². The van der Waals surface area contributed by atoms with Crippen LogP contribution in [0.15, 0.2) is 18.2 Å². The maximum Gasteiger partial charge on any atom is 0.228 e. The molecule has 2 N–H and O–H groups in total. The molecule has 5 nitrogen and oxygen atoms in total. The van der Waals surface area contributed by atoms with Crippen molar-refractivity contribution in [1.82, 2.24) is 10.2 Å². The van der Waals surface area contributed by atoms with Gasteiger partial charge in [-0.15, -0.1) is 0 Å². The van der Waals surface area contributed by atoms with Gasteiger partial charge in [0.2, 0.25) is 11.8 Å². The molecular weight excluding hydrogens is 278 g/mol. The van der Waals surface area contributed by atoms with Crippen molar-refractivity contribution in [2.75, 3.05) is 32.5 Å². The Morgan fingerprint density at radius 1 is 1.14 bits per heavy atom. The van der Waals surface area contributed by atoms with Crippen LogP contribution in [0.4, 0.5) is 5.69 Å². The van der Waals surface area contributed by atoms with Gasteiger partial charge in [-0.1, -0.05) is 6.07 Å². The van der Waals surface area contributed by atoms with Crippen molar-refractivity contribution in [3.8, 4) is 0 Å². The van der Waals surface area contributed by atoms with E-state index in [0.29, 0.717) is 13.0 Å². The molecule has 0 heterocycles. The Morgan fingerprint density at radius 2 is 1.82 bits per heavy atom. The zero-order valence-electron chi connectivity index (χ0n) is 13.8. The van der Waals surface area contributed by atoms with Crippen LogP contribution in [-0.4, -0.2) is 43.9 Å². The van der Waals surface area contributed by atoms with Crippen molar-refractivity contribution in [3.63, 3.8) is 0 Å². The molecule has 1 aromatic rings. The highest BCUT2D eigenvalue weighted by Gasteiger charge is 2.47. The molecule has 0 aromatic heterocycles. The second-order valence-electron chi connectivity index (χ2n) is 6.33. The molecule has 2 unspecified atom stereocenters. The third-order valence-corrected chi connectivity index (χ3v) is 4.10. The summed E-state index contributed by atoms with van der Waals surface area (Å²) in [5.74, 6) is -0.437. The van der Waals surface area contributed by atoms with Gasteiger partial charge in [-0.25, -0.2) is 0 Å². The number of nitrogens with zero attached hydrogens (tertiary/aromatic N) is 1. The van der Waals surface area contributed by atoms with Crippen LogP contribution in [0.3, 0.4) is 0 Å². The molecule has 2 atom stereocenters. The predicted molar refractivity (Wildman–Crippen MR) is 87.7 cm³/mol. The summed E-state index contributed by atoms with van der Waals surface area (Å²) in [6, 6.07) is 5.85. The molecule has 2 amide bonds. The lowest BCUT2D eigenvalue weighted by Gasteiger charge is -2.10. The average molecular weight is 303 g/mol. The number of benzene rings is 1. The number of hydrogen-bond acceptors (Lipinski definition) is 3. The monoisotopic (exact) mass is 303 g/mol. The number of carbonyl (C=O) groups is 2. The minimum atomic E-state index is -0.194. The molecule has 0 spiro atoms. The molecule has 1 aliphatic carbocycles. The lowest BCUT2D eigenvalue weighted by molar-refractivity contribution is -0.125. The SMILES string of the molecule is Cc1ccc(NC(=O)C2CC2C(=O)NCCN(C)C)cc1C. The van der Waals surface area contributed by atoms with Gasteiger partial charge in [0.15, 0.2) is 0 Å². The van der Waals surface area contributed by atoms with Crippen LogP contribution in [0.2, 0.25) is 0 Å². The highest BCUT2D eigenvalue weighted by Crippen LogP contribution is 2.39. The molecule has 1 aromatic carbocycles. The van der Waals surface area contributed by atoms with Gasteiger partial charge in [0.1, 0.15) is 0 Å². The topological polar surface area (TPSA) is 61.4 Å². The van der Waals surface area contributed by atoms with E-state index < -0.39 is 0 Å². The molecule has 0 radical (unpaired) electrons. The van der Waals surface area contributed by atoms with Gasteiger partial charge in [0.25, 0.3) is 0 Å². The number of likely N-dealkylation sites (N-methyl/N-ethyl adjacent to an activating group) is 1. The molecule has 5 heteroatoms. The van der Waals surface area contributed by atoms with E-state index in [-0.39, 0.29) is 23.7 Å². The number of amides is 2. The van der Waals surface area contributed by atoms with Crippen LogP contribution in [0.5, 0.6) is 0 Å². The molecule has 120 valence electrons. The van der Waals surface area contributed by atoms with Gasteiger partial charge >= 0.3 is 0 Å². The second-order valence-corrected chi connectivity index (χ2v) is 6.33. The highest BCUT2D eigenvalue weighted by atomic mass is 16.2. The van der Waals surface area contributed by atoms with Crippen LogP contribution in [0, 0.1) is 25.7 Å². The summed E-state index contributed by atoms with van der Waals surface area (Å²) in [5, 5.41) is 5.78. The third kappa shape index (κ3) is 4.31. The van der Waals surface area contributed by atoms with Crippen molar-refractivity contribution >= 4 is 17.5 Å². The lowest BCUT2D eigenvalue weighted by atomic mass is 10.1. The van der Waals surface area contributed by atoms with Gasteiger partial charge in [0, 0.05) is 18.8 Å². The molecule has 2 rings (SSSR count). The number of anilines is 1. The molecule has 1 fully saturated rings. The van der Waals surface area contributed by atoms with E-state index in [1.165, 1.54) is 5.56 Å². The van der Waals surface area contributed by atoms with Crippen molar-refractivity contribution in [3.05, 3.63) is 29.3 Å². The Bertz CT molecular complexity index is 569. The van der Waals surface area contributed by atoms with E-state index in [0.717, 1.165) is 17.8 Å². The molecule has 0 saturated heterocycles. The number of nitrogens with one attached hydrogen (secondary N) is 2. The maximum atomic E-state index is 12.2. The van der Waals surface area contributed by atoms with Crippen LogP contribution < -0.4 is 10.6 Å². The van der Waals surface area contributed by atoms with Crippen molar-refractivity contribution < 1.29 is 9.59 Å².